The fraction of sp³-hybridized carbons (Fsp3) is 0.300. The second kappa shape index (κ2) is 9.12. The van der Waals surface area contributed by atoms with E-state index in [-0.39, 0.29) is 30.1 Å². The SMILES string of the molecule is CCC(=O)Nc1ccc(C(C)NC(=O)N(C)Cc2ccc(F)cc2F)cc1. The van der Waals surface area contributed by atoms with Gasteiger partial charge in [0.05, 0.1) is 6.04 Å². The number of hydrogen-bond donors (Lipinski definition) is 2. The van der Waals surface area contributed by atoms with Gasteiger partial charge in [-0.05, 0) is 30.7 Å². The minimum Gasteiger partial charge on any atom is -0.331 e. The number of nitrogens with zero attached hydrogens (tertiary/aromatic N) is 1. The first kappa shape index (κ1) is 20.4. The van der Waals surface area contributed by atoms with Crippen LogP contribution in [0.2, 0.25) is 0 Å². The summed E-state index contributed by atoms with van der Waals surface area (Å²) in [6, 6.07) is 9.77. The van der Waals surface area contributed by atoms with Crippen molar-refractivity contribution in [2.45, 2.75) is 32.9 Å². The summed E-state index contributed by atoms with van der Waals surface area (Å²) in [5.74, 6) is -1.42. The average Bonchev–Trinajstić information content (AvgIpc) is 2.64. The molecule has 7 heteroatoms. The Morgan fingerprint density at radius 1 is 1.11 bits per heavy atom. The van der Waals surface area contributed by atoms with Gasteiger partial charge in [-0.25, -0.2) is 13.6 Å². The number of carbonyl (C=O) groups excluding carboxylic acids is 2. The molecule has 0 aromatic heterocycles. The number of amides is 3. The molecule has 3 amide bonds. The third-order valence-electron chi connectivity index (χ3n) is 4.12. The molecule has 0 saturated heterocycles. The lowest BCUT2D eigenvalue weighted by Crippen LogP contribution is -2.38. The van der Waals surface area contributed by atoms with E-state index in [4.69, 9.17) is 0 Å². The highest BCUT2D eigenvalue weighted by molar-refractivity contribution is 5.90. The van der Waals surface area contributed by atoms with Crippen LogP contribution >= 0.6 is 0 Å². The molecule has 2 aromatic rings. The van der Waals surface area contributed by atoms with Crippen LogP contribution in [-0.4, -0.2) is 23.9 Å². The Morgan fingerprint density at radius 3 is 2.37 bits per heavy atom. The standard InChI is InChI=1S/C20H23F2N3O2/c1-4-19(26)24-17-9-6-14(7-10-17)13(2)23-20(27)25(3)12-15-5-8-16(21)11-18(15)22/h5-11,13H,4,12H2,1-3H3,(H,23,27)(H,24,26). The zero-order chi connectivity index (χ0) is 20.0. The normalized spacial score (nSPS) is 11.6. The van der Waals surface area contributed by atoms with Gasteiger partial charge < -0.3 is 15.5 Å². The lowest BCUT2D eigenvalue weighted by Gasteiger charge is -2.22. The molecule has 1 unspecified atom stereocenters. The van der Waals surface area contributed by atoms with Crippen molar-refractivity contribution in [3.8, 4) is 0 Å². The monoisotopic (exact) mass is 375 g/mol. The molecule has 0 heterocycles. The Morgan fingerprint density at radius 2 is 1.78 bits per heavy atom. The van der Waals surface area contributed by atoms with Crippen molar-refractivity contribution in [1.82, 2.24) is 10.2 Å². The van der Waals surface area contributed by atoms with Crippen molar-refractivity contribution in [3.63, 3.8) is 0 Å². The third kappa shape index (κ3) is 5.77. The number of nitrogens with one attached hydrogen (secondary N) is 2. The highest BCUT2D eigenvalue weighted by Gasteiger charge is 2.15. The molecule has 144 valence electrons. The minimum absolute atomic E-state index is 0.0205. The van der Waals surface area contributed by atoms with Crippen molar-refractivity contribution in [2.75, 3.05) is 12.4 Å². The molecule has 5 nitrogen and oxygen atoms in total. The van der Waals surface area contributed by atoms with Gasteiger partial charge in [-0.1, -0.05) is 25.1 Å². The number of anilines is 1. The van der Waals surface area contributed by atoms with E-state index in [1.54, 1.807) is 19.1 Å². The Balaban J connectivity index is 1.94. The van der Waals surface area contributed by atoms with E-state index in [0.29, 0.717) is 12.1 Å². The van der Waals surface area contributed by atoms with Crippen LogP contribution in [0.5, 0.6) is 0 Å². The number of urea groups is 1. The number of benzene rings is 2. The molecule has 2 rings (SSSR count). The van der Waals surface area contributed by atoms with Crippen molar-refractivity contribution in [1.29, 1.82) is 0 Å². The van der Waals surface area contributed by atoms with Crippen LogP contribution in [0, 0.1) is 11.6 Å². The summed E-state index contributed by atoms with van der Waals surface area (Å²) in [4.78, 5) is 25.0. The van der Waals surface area contributed by atoms with Gasteiger partial charge in [-0.3, -0.25) is 4.79 Å². The van der Waals surface area contributed by atoms with E-state index in [1.165, 1.54) is 18.0 Å². The topological polar surface area (TPSA) is 61.4 Å². The molecule has 0 saturated carbocycles. The van der Waals surface area contributed by atoms with Crippen LogP contribution < -0.4 is 10.6 Å². The molecule has 1 atom stereocenters. The number of halogens is 2. The van der Waals surface area contributed by atoms with Gasteiger partial charge in [0.2, 0.25) is 5.91 Å². The van der Waals surface area contributed by atoms with E-state index in [1.807, 2.05) is 19.1 Å². The lowest BCUT2D eigenvalue weighted by molar-refractivity contribution is -0.115. The molecule has 2 N–H and O–H groups in total. The zero-order valence-corrected chi connectivity index (χ0v) is 15.6. The molecular weight excluding hydrogens is 352 g/mol. The van der Waals surface area contributed by atoms with Crippen LogP contribution in [-0.2, 0) is 11.3 Å². The number of hydrogen-bond acceptors (Lipinski definition) is 2. The molecule has 0 radical (unpaired) electrons. The quantitative estimate of drug-likeness (QED) is 0.794. The van der Waals surface area contributed by atoms with Crippen molar-refractivity contribution < 1.29 is 18.4 Å². The number of carbonyl (C=O) groups is 2. The van der Waals surface area contributed by atoms with Crippen LogP contribution in [0.25, 0.3) is 0 Å². The fourth-order valence-electron chi connectivity index (χ4n) is 2.46. The lowest BCUT2D eigenvalue weighted by atomic mass is 10.1. The third-order valence-corrected chi connectivity index (χ3v) is 4.12. The summed E-state index contributed by atoms with van der Waals surface area (Å²) in [5, 5.41) is 5.58. The van der Waals surface area contributed by atoms with Gasteiger partial charge >= 0.3 is 6.03 Å². The highest BCUT2D eigenvalue weighted by atomic mass is 19.1. The first-order chi connectivity index (χ1) is 12.8. The first-order valence-electron chi connectivity index (χ1n) is 8.65. The highest BCUT2D eigenvalue weighted by Crippen LogP contribution is 2.17. The van der Waals surface area contributed by atoms with E-state index >= 15 is 0 Å². The fourth-order valence-corrected chi connectivity index (χ4v) is 2.46. The Kier molecular flexibility index (Phi) is 6.87. The van der Waals surface area contributed by atoms with E-state index < -0.39 is 11.6 Å². The average molecular weight is 375 g/mol. The van der Waals surface area contributed by atoms with Crippen molar-refractivity contribution in [3.05, 3.63) is 65.2 Å². The molecule has 0 aliphatic heterocycles. The van der Waals surface area contributed by atoms with Crippen LogP contribution in [0.15, 0.2) is 42.5 Å². The smallest absolute Gasteiger partial charge is 0.317 e. The Bertz CT molecular complexity index is 809. The maximum atomic E-state index is 13.7. The van der Waals surface area contributed by atoms with Gasteiger partial charge in [-0.2, -0.15) is 0 Å². The summed E-state index contributed by atoms with van der Waals surface area (Å²) in [5.41, 5.74) is 1.78. The summed E-state index contributed by atoms with van der Waals surface area (Å²) >= 11 is 0. The van der Waals surface area contributed by atoms with E-state index in [0.717, 1.165) is 17.7 Å². The molecule has 0 aliphatic rings. The Labute approximate surface area is 157 Å². The Hall–Kier alpha value is -2.96. The van der Waals surface area contributed by atoms with Gasteiger partial charge in [0.25, 0.3) is 0 Å². The second-order valence-corrected chi connectivity index (χ2v) is 6.29. The van der Waals surface area contributed by atoms with Crippen molar-refractivity contribution in [2.24, 2.45) is 0 Å². The van der Waals surface area contributed by atoms with Gasteiger partial charge in [0.1, 0.15) is 11.6 Å². The zero-order valence-electron chi connectivity index (χ0n) is 15.6. The largest absolute Gasteiger partial charge is 0.331 e. The maximum absolute atomic E-state index is 13.7. The first-order valence-corrected chi connectivity index (χ1v) is 8.65. The predicted molar refractivity (Wildman–Crippen MR) is 100 cm³/mol. The summed E-state index contributed by atoms with van der Waals surface area (Å²) < 4.78 is 26.7. The molecule has 27 heavy (non-hydrogen) atoms. The van der Waals surface area contributed by atoms with Crippen molar-refractivity contribution >= 4 is 17.6 Å². The second-order valence-electron chi connectivity index (χ2n) is 6.29. The molecule has 0 spiro atoms. The summed E-state index contributed by atoms with van der Waals surface area (Å²) in [6.07, 6.45) is 0.398. The maximum Gasteiger partial charge on any atom is 0.317 e. The molecule has 0 aliphatic carbocycles. The van der Waals surface area contributed by atoms with Crippen LogP contribution in [0.3, 0.4) is 0 Å². The molecule has 0 fully saturated rings. The van der Waals surface area contributed by atoms with E-state index in [9.17, 15) is 18.4 Å². The van der Waals surface area contributed by atoms with Crippen LogP contribution in [0.4, 0.5) is 19.3 Å². The summed E-state index contributed by atoms with van der Waals surface area (Å²) in [6.45, 7) is 3.62. The van der Waals surface area contributed by atoms with Crippen LogP contribution in [0.1, 0.15) is 37.4 Å². The minimum atomic E-state index is -0.688. The number of rotatable bonds is 6. The molecular formula is C20H23F2N3O2. The molecule has 2 aromatic carbocycles. The van der Waals surface area contributed by atoms with Gasteiger partial charge in [-0.15, -0.1) is 0 Å². The summed E-state index contributed by atoms with van der Waals surface area (Å²) in [7, 11) is 1.54. The van der Waals surface area contributed by atoms with E-state index in [2.05, 4.69) is 10.6 Å². The molecule has 0 bridgehead atoms. The van der Waals surface area contributed by atoms with Gasteiger partial charge in [0, 0.05) is 37.3 Å². The van der Waals surface area contributed by atoms with Gasteiger partial charge in [0.15, 0.2) is 0 Å². The predicted octanol–water partition coefficient (Wildman–Crippen LogP) is 4.22.